The van der Waals surface area contributed by atoms with Gasteiger partial charge in [-0.25, -0.2) is 0 Å². The highest BCUT2D eigenvalue weighted by molar-refractivity contribution is 9.09. The van der Waals surface area contributed by atoms with Crippen LogP contribution in [0.2, 0.25) is 0 Å². The average molecular weight is 363 g/mol. The van der Waals surface area contributed by atoms with E-state index in [1.54, 1.807) is 0 Å². The molecule has 0 saturated carbocycles. The van der Waals surface area contributed by atoms with Crippen LogP contribution in [0.1, 0.15) is 90.9 Å². The average Bonchev–Trinajstić information content (AvgIpc) is 2.49. The van der Waals surface area contributed by atoms with Gasteiger partial charge in [-0.15, -0.1) is 0 Å². The summed E-state index contributed by atoms with van der Waals surface area (Å²) in [5, 5.41) is 1.09. The van der Waals surface area contributed by atoms with Gasteiger partial charge in [-0.1, -0.05) is 87.6 Å². The van der Waals surface area contributed by atoms with Crippen molar-refractivity contribution in [3.8, 4) is 0 Å². The van der Waals surface area contributed by atoms with Crippen molar-refractivity contribution in [3.63, 3.8) is 0 Å². The molecule has 126 valence electrons. The molecule has 0 aliphatic heterocycles. The topological polar surface area (TPSA) is 26.3 Å². The molecule has 0 saturated heterocycles. The lowest BCUT2D eigenvalue weighted by atomic mass is 10.0. The number of carbonyl (C=O) groups is 1. The first kappa shape index (κ1) is 20.9. The maximum atomic E-state index is 11.8. The summed E-state index contributed by atoms with van der Waals surface area (Å²) in [7, 11) is 0. The third-order valence-corrected chi connectivity index (χ3v) is 4.48. The number of esters is 1. The van der Waals surface area contributed by atoms with Crippen LogP contribution in [0.4, 0.5) is 0 Å². The van der Waals surface area contributed by atoms with Crippen molar-refractivity contribution >= 4 is 21.9 Å². The standard InChI is InChI=1S/C18H35BrO2/c1-3-4-5-6-7-10-13-16-21-18(20)17(2)14-11-8-9-12-15-19/h17H,3-16H2,1-2H3. The zero-order valence-electron chi connectivity index (χ0n) is 14.2. The SMILES string of the molecule is CCCCCCCCCOC(=O)C(C)CCCCCCBr. The van der Waals surface area contributed by atoms with Crippen molar-refractivity contribution in [2.45, 2.75) is 90.9 Å². The molecule has 0 N–H and O–H groups in total. The van der Waals surface area contributed by atoms with E-state index in [4.69, 9.17) is 4.74 Å². The minimum Gasteiger partial charge on any atom is -0.465 e. The molecule has 0 aromatic carbocycles. The van der Waals surface area contributed by atoms with Crippen molar-refractivity contribution in [3.05, 3.63) is 0 Å². The highest BCUT2D eigenvalue weighted by Crippen LogP contribution is 2.13. The predicted molar refractivity (Wildman–Crippen MR) is 95.0 cm³/mol. The highest BCUT2D eigenvalue weighted by Gasteiger charge is 2.13. The molecule has 0 heterocycles. The Kier molecular flexibility index (Phi) is 16.3. The van der Waals surface area contributed by atoms with E-state index in [0.717, 1.165) is 24.6 Å². The maximum absolute atomic E-state index is 11.8. The van der Waals surface area contributed by atoms with Gasteiger partial charge >= 0.3 is 5.97 Å². The Hall–Kier alpha value is -0.0500. The molecular formula is C18H35BrO2. The molecule has 2 nitrogen and oxygen atoms in total. The molecule has 3 heteroatoms. The Balaban J connectivity index is 3.35. The summed E-state index contributed by atoms with van der Waals surface area (Å²) >= 11 is 3.44. The van der Waals surface area contributed by atoms with Gasteiger partial charge in [0.25, 0.3) is 0 Å². The van der Waals surface area contributed by atoms with E-state index in [1.165, 1.54) is 57.8 Å². The van der Waals surface area contributed by atoms with E-state index in [9.17, 15) is 4.79 Å². The van der Waals surface area contributed by atoms with Crippen molar-refractivity contribution < 1.29 is 9.53 Å². The minimum atomic E-state index is 0.00137. The van der Waals surface area contributed by atoms with Crippen LogP contribution < -0.4 is 0 Å². The van der Waals surface area contributed by atoms with Crippen LogP contribution in [-0.2, 0) is 9.53 Å². The second-order valence-electron chi connectivity index (χ2n) is 6.08. The molecule has 0 aliphatic carbocycles. The molecule has 0 aromatic heterocycles. The first-order valence-corrected chi connectivity index (χ1v) is 10.1. The maximum Gasteiger partial charge on any atom is 0.308 e. The molecule has 1 atom stereocenters. The summed E-state index contributed by atoms with van der Waals surface area (Å²) in [5.74, 6) is 0.0694. The fourth-order valence-electron chi connectivity index (χ4n) is 2.39. The van der Waals surface area contributed by atoms with Crippen molar-refractivity contribution in [1.29, 1.82) is 0 Å². The lowest BCUT2D eigenvalue weighted by Crippen LogP contribution is -2.15. The summed E-state index contributed by atoms with van der Waals surface area (Å²) < 4.78 is 5.36. The normalized spacial score (nSPS) is 12.3. The van der Waals surface area contributed by atoms with Crippen LogP contribution in [-0.4, -0.2) is 17.9 Å². The fourth-order valence-corrected chi connectivity index (χ4v) is 2.79. The van der Waals surface area contributed by atoms with Gasteiger partial charge in [-0.2, -0.15) is 0 Å². The van der Waals surface area contributed by atoms with Gasteiger partial charge < -0.3 is 4.74 Å². The predicted octanol–water partition coefficient (Wildman–Crippen LogP) is 6.26. The van der Waals surface area contributed by atoms with Gasteiger partial charge in [0.1, 0.15) is 0 Å². The zero-order chi connectivity index (χ0) is 15.8. The molecular weight excluding hydrogens is 328 g/mol. The van der Waals surface area contributed by atoms with Gasteiger partial charge in [0, 0.05) is 5.33 Å². The number of rotatable bonds is 15. The van der Waals surface area contributed by atoms with Crippen molar-refractivity contribution in [2.75, 3.05) is 11.9 Å². The number of carbonyl (C=O) groups excluding carboxylic acids is 1. The number of unbranched alkanes of at least 4 members (excludes halogenated alkanes) is 9. The number of alkyl halides is 1. The Morgan fingerprint density at radius 3 is 2.14 bits per heavy atom. The second kappa shape index (κ2) is 16.3. The number of ether oxygens (including phenoxy) is 1. The Bertz CT molecular complexity index is 231. The van der Waals surface area contributed by atoms with E-state index in [1.807, 2.05) is 6.92 Å². The molecule has 0 radical (unpaired) electrons. The van der Waals surface area contributed by atoms with Gasteiger partial charge in [-0.3, -0.25) is 4.79 Å². The smallest absolute Gasteiger partial charge is 0.308 e. The molecule has 0 rings (SSSR count). The van der Waals surface area contributed by atoms with Gasteiger partial charge in [-0.05, 0) is 19.3 Å². The van der Waals surface area contributed by atoms with Crippen LogP contribution >= 0.6 is 15.9 Å². The molecule has 1 unspecified atom stereocenters. The Morgan fingerprint density at radius 2 is 1.48 bits per heavy atom. The largest absolute Gasteiger partial charge is 0.465 e. The van der Waals surface area contributed by atoms with E-state index in [-0.39, 0.29) is 11.9 Å². The van der Waals surface area contributed by atoms with E-state index >= 15 is 0 Å². The highest BCUT2D eigenvalue weighted by atomic mass is 79.9. The van der Waals surface area contributed by atoms with E-state index < -0.39 is 0 Å². The second-order valence-corrected chi connectivity index (χ2v) is 6.87. The van der Waals surface area contributed by atoms with E-state index in [2.05, 4.69) is 22.9 Å². The first-order valence-electron chi connectivity index (χ1n) is 8.95. The monoisotopic (exact) mass is 362 g/mol. The molecule has 0 amide bonds. The lowest BCUT2D eigenvalue weighted by molar-refractivity contribution is -0.148. The minimum absolute atomic E-state index is 0.00137. The summed E-state index contributed by atoms with van der Waals surface area (Å²) in [5.41, 5.74) is 0. The van der Waals surface area contributed by atoms with Crippen LogP contribution in [0.3, 0.4) is 0 Å². The fraction of sp³-hybridized carbons (Fsp3) is 0.944. The molecule has 21 heavy (non-hydrogen) atoms. The molecule has 0 spiro atoms. The third-order valence-electron chi connectivity index (χ3n) is 3.92. The third kappa shape index (κ3) is 14.6. The van der Waals surface area contributed by atoms with Gasteiger partial charge in [0.15, 0.2) is 0 Å². The van der Waals surface area contributed by atoms with Gasteiger partial charge in [0.05, 0.1) is 12.5 Å². The molecule has 0 fully saturated rings. The summed E-state index contributed by atoms with van der Waals surface area (Å²) in [4.78, 5) is 11.8. The Labute approximate surface area is 140 Å². The van der Waals surface area contributed by atoms with Crippen LogP contribution in [0, 0.1) is 5.92 Å². The first-order chi connectivity index (χ1) is 10.2. The molecule has 0 aliphatic rings. The van der Waals surface area contributed by atoms with Crippen LogP contribution in [0.5, 0.6) is 0 Å². The zero-order valence-corrected chi connectivity index (χ0v) is 15.8. The number of hydrogen-bond donors (Lipinski definition) is 0. The number of hydrogen-bond acceptors (Lipinski definition) is 2. The van der Waals surface area contributed by atoms with Crippen molar-refractivity contribution in [2.24, 2.45) is 5.92 Å². The lowest BCUT2D eigenvalue weighted by Gasteiger charge is -2.11. The van der Waals surface area contributed by atoms with Crippen molar-refractivity contribution in [1.82, 2.24) is 0 Å². The van der Waals surface area contributed by atoms with E-state index in [0.29, 0.717) is 6.61 Å². The van der Waals surface area contributed by atoms with Gasteiger partial charge in [0.2, 0.25) is 0 Å². The number of halogens is 1. The summed E-state index contributed by atoms with van der Waals surface area (Å²) in [6.07, 6.45) is 14.6. The Morgan fingerprint density at radius 1 is 0.905 bits per heavy atom. The van der Waals surface area contributed by atoms with Crippen LogP contribution in [0.15, 0.2) is 0 Å². The summed E-state index contributed by atoms with van der Waals surface area (Å²) in [6.45, 7) is 4.85. The van der Waals surface area contributed by atoms with Crippen LogP contribution in [0.25, 0.3) is 0 Å². The molecule has 0 aromatic rings. The quantitative estimate of drug-likeness (QED) is 0.195. The molecule has 0 bridgehead atoms. The summed E-state index contributed by atoms with van der Waals surface area (Å²) in [6, 6.07) is 0.